The van der Waals surface area contributed by atoms with Crippen LogP contribution in [0, 0.1) is 13.8 Å². The molecule has 26 heavy (non-hydrogen) atoms. The van der Waals surface area contributed by atoms with Crippen molar-refractivity contribution in [3.8, 4) is 10.4 Å². The first kappa shape index (κ1) is 18.4. The molecule has 1 unspecified atom stereocenters. The van der Waals surface area contributed by atoms with Gasteiger partial charge in [0.15, 0.2) is 0 Å². The Balaban J connectivity index is 1.77. The van der Waals surface area contributed by atoms with E-state index >= 15 is 0 Å². The van der Waals surface area contributed by atoms with Crippen LogP contribution in [0.25, 0.3) is 10.4 Å². The summed E-state index contributed by atoms with van der Waals surface area (Å²) in [6.07, 6.45) is 0.507. The van der Waals surface area contributed by atoms with Gasteiger partial charge in [0.05, 0.1) is 16.3 Å². The van der Waals surface area contributed by atoms with Crippen LogP contribution in [0.1, 0.15) is 29.8 Å². The van der Waals surface area contributed by atoms with Crippen molar-refractivity contribution >= 4 is 34.9 Å². The molecule has 1 amide bonds. The largest absolute Gasteiger partial charge is 0.441 e. The lowest BCUT2D eigenvalue weighted by molar-refractivity contribution is 0.121. The highest BCUT2D eigenvalue weighted by atomic mass is 35.5. The lowest BCUT2D eigenvalue weighted by Gasteiger charge is -2.15. The lowest BCUT2D eigenvalue weighted by Crippen LogP contribution is -2.17. The number of ether oxygens (including phenoxy) is 1. The van der Waals surface area contributed by atoms with E-state index in [0.717, 1.165) is 16.1 Å². The number of carbonyl (C=O) groups is 1. The molecule has 0 aliphatic carbocycles. The van der Waals surface area contributed by atoms with Crippen molar-refractivity contribution in [1.82, 2.24) is 9.36 Å². The first-order valence-corrected chi connectivity index (χ1v) is 9.22. The zero-order valence-electron chi connectivity index (χ0n) is 14.6. The van der Waals surface area contributed by atoms with Gasteiger partial charge in [-0.2, -0.15) is 4.37 Å². The molecule has 0 saturated heterocycles. The average Bonchev–Trinajstić information content (AvgIpc) is 2.96. The lowest BCUT2D eigenvalue weighted by atomic mass is 10.1. The Morgan fingerprint density at radius 3 is 2.65 bits per heavy atom. The third kappa shape index (κ3) is 4.03. The van der Waals surface area contributed by atoms with Crippen LogP contribution in [-0.2, 0) is 4.74 Å². The fourth-order valence-electron chi connectivity index (χ4n) is 2.48. The quantitative estimate of drug-likeness (QED) is 0.576. The van der Waals surface area contributed by atoms with Gasteiger partial charge in [-0.15, -0.1) is 0 Å². The SMILES string of the molecule is Cc1ccc(-c2snc(C)c2NC(=O)OC(C)c2cccnc2Cl)cc1. The third-order valence-electron chi connectivity index (χ3n) is 3.91. The number of halogens is 1. The van der Waals surface area contributed by atoms with Gasteiger partial charge >= 0.3 is 6.09 Å². The second kappa shape index (κ2) is 7.85. The number of benzene rings is 1. The molecule has 0 radical (unpaired) electrons. The molecule has 2 heterocycles. The maximum Gasteiger partial charge on any atom is 0.412 e. The number of aryl methyl sites for hydroxylation is 2. The monoisotopic (exact) mass is 387 g/mol. The van der Waals surface area contributed by atoms with Gasteiger partial charge < -0.3 is 4.74 Å². The van der Waals surface area contributed by atoms with Gasteiger partial charge in [-0.05, 0) is 43.9 Å². The molecule has 2 aromatic heterocycles. The molecule has 0 bridgehead atoms. The summed E-state index contributed by atoms with van der Waals surface area (Å²) in [5.74, 6) is 0. The summed E-state index contributed by atoms with van der Waals surface area (Å²) in [4.78, 5) is 17.3. The van der Waals surface area contributed by atoms with Gasteiger partial charge in [-0.1, -0.05) is 47.5 Å². The molecule has 1 N–H and O–H groups in total. The Hall–Kier alpha value is -2.44. The number of nitrogens with zero attached hydrogens (tertiary/aromatic N) is 2. The summed E-state index contributed by atoms with van der Waals surface area (Å²) < 4.78 is 9.82. The number of amides is 1. The van der Waals surface area contributed by atoms with Gasteiger partial charge in [0.2, 0.25) is 0 Å². The van der Waals surface area contributed by atoms with E-state index in [2.05, 4.69) is 14.7 Å². The zero-order chi connectivity index (χ0) is 18.7. The second-order valence-electron chi connectivity index (χ2n) is 5.89. The molecule has 0 saturated carbocycles. The van der Waals surface area contributed by atoms with Crippen LogP contribution in [0.4, 0.5) is 10.5 Å². The maximum absolute atomic E-state index is 12.4. The second-order valence-corrected chi connectivity index (χ2v) is 7.03. The zero-order valence-corrected chi connectivity index (χ0v) is 16.2. The van der Waals surface area contributed by atoms with Gasteiger partial charge in [0.1, 0.15) is 11.3 Å². The van der Waals surface area contributed by atoms with Crippen LogP contribution < -0.4 is 5.32 Å². The number of pyridine rings is 1. The number of anilines is 1. The van der Waals surface area contributed by atoms with Gasteiger partial charge in [0, 0.05) is 11.8 Å². The summed E-state index contributed by atoms with van der Waals surface area (Å²) in [5, 5.41) is 3.14. The molecule has 134 valence electrons. The van der Waals surface area contributed by atoms with E-state index in [1.807, 2.05) is 38.1 Å². The number of rotatable bonds is 4. The first-order chi connectivity index (χ1) is 12.5. The Morgan fingerprint density at radius 1 is 1.23 bits per heavy atom. The van der Waals surface area contributed by atoms with Crippen molar-refractivity contribution in [2.45, 2.75) is 26.9 Å². The molecule has 0 fully saturated rings. The van der Waals surface area contributed by atoms with Crippen LogP contribution in [0.3, 0.4) is 0 Å². The van der Waals surface area contributed by atoms with E-state index in [1.165, 1.54) is 17.1 Å². The van der Waals surface area contributed by atoms with Crippen molar-refractivity contribution in [3.05, 3.63) is 64.6 Å². The maximum atomic E-state index is 12.4. The topological polar surface area (TPSA) is 64.1 Å². The Kier molecular flexibility index (Phi) is 5.54. The molecule has 0 spiro atoms. The van der Waals surface area contributed by atoms with Gasteiger partial charge in [-0.25, -0.2) is 9.78 Å². The molecular formula is C19H18ClN3O2S. The van der Waals surface area contributed by atoms with E-state index in [0.29, 0.717) is 16.4 Å². The van der Waals surface area contributed by atoms with E-state index in [1.54, 1.807) is 25.3 Å². The molecular weight excluding hydrogens is 370 g/mol. The summed E-state index contributed by atoms with van der Waals surface area (Å²) in [6.45, 7) is 5.64. The fourth-order valence-corrected chi connectivity index (χ4v) is 3.60. The number of hydrogen-bond donors (Lipinski definition) is 1. The highest BCUT2D eigenvalue weighted by molar-refractivity contribution is 7.10. The molecule has 3 aromatic rings. The highest BCUT2D eigenvalue weighted by Gasteiger charge is 2.19. The summed E-state index contributed by atoms with van der Waals surface area (Å²) in [7, 11) is 0. The molecule has 1 aromatic carbocycles. The molecule has 0 aliphatic rings. The normalized spacial score (nSPS) is 11.8. The van der Waals surface area contributed by atoms with Crippen molar-refractivity contribution < 1.29 is 9.53 Å². The molecule has 3 rings (SSSR count). The van der Waals surface area contributed by atoms with Crippen LogP contribution in [0.15, 0.2) is 42.6 Å². The van der Waals surface area contributed by atoms with E-state index in [-0.39, 0.29) is 0 Å². The number of aromatic nitrogens is 2. The first-order valence-electron chi connectivity index (χ1n) is 8.07. The smallest absolute Gasteiger partial charge is 0.412 e. The summed E-state index contributed by atoms with van der Waals surface area (Å²) in [6, 6.07) is 11.6. The molecule has 5 nitrogen and oxygen atoms in total. The Bertz CT molecular complexity index is 925. The van der Waals surface area contributed by atoms with Crippen molar-refractivity contribution in [1.29, 1.82) is 0 Å². The minimum atomic E-state index is -0.561. The molecule has 0 aliphatic heterocycles. The fraction of sp³-hybridized carbons (Fsp3) is 0.211. The number of nitrogens with one attached hydrogen (secondary N) is 1. The van der Waals surface area contributed by atoms with E-state index < -0.39 is 12.2 Å². The van der Waals surface area contributed by atoms with Crippen LogP contribution in [-0.4, -0.2) is 15.5 Å². The molecule has 1 atom stereocenters. The average molecular weight is 388 g/mol. The van der Waals surface area contributed by atoms with Gasteiger partial charge in [0.25, 0.3) is 0 Å². The van der Waals surface area contributed by atoms with Crippen molar-refractivity contribution in [3.63, 3.8) is 0 Å². The van der Waals surface area contributed by atoms with Crippen LogP contribution in [0.2, 0.25) is 5.15 Å². The summed E-state index contributed by atoms with van der Waals surface area (Å²) in [5.41, 5.74) is 4.23. The van der Waals surface area contributed by atoms with Gasteiger partial charge in [-0.3, -0.25) is 5.32 Å². The van der Waals surface area contributed by atoms with E-state index in [4.69, 9.17) is 16.3 Å². The minimum Gasteiger partial charge on any atom is -0.441 e. The Morgan fingerprint density at radius 2 is 1.96 bits per heavy atom. The third-order valence-corrected chi connectivity index (χ3v) is 5.22. The summed E-state index contributed by atoms with van der Waals surface area (Å²) >= 11 is 7.40. The molecule has 7 heteroatoms. The minimum absolute atomic E-state index is 0.321. The number of carbonyl (C=O) groups excluding carboxylic acids is 1. The van der Waals surface area contributed by atoms with Crippen LogP contribution >= 0.6 is 23.1 Å². The Labute approximate surface area is 161 Å². The van der Waals surface area contributed by atoms with Crippen LogP contribution in [0.5, 0.6) is 0 Å². The van der Waals surface area contributed by atoms with Crippen molar-refractivity contribution in [2.75, 3.05) is 5.32 Å². The predicted octanol–water partition coefficient (Wildman–Crippen LogP) is 5.79. The predicted molar refractivity (Wildman–Crippen MR) is 105 cm³/mol. The standard InChI is InChI=1S/C19H18ClN3O2S/c1-11-6-8-14(9-7-11)17-16(12(2)23-26-17)22-19(24)25-13(3)15-5-4-10-21-18(15)20/h4-10,13H,1-3H3,(H,22,24). The highest BCUT2D eigenvalue weighted by Crippen LogP contribution is 2.35. The van der Waals surface area contributed by atoms with E-state index in [9.17, 15) is 4.79 Å². The van der Waals surface area contributed by atoms with Crippen molar-refractivity contribution in [2.24, 2.45) is 0 Å². The number of hydrogen-bond acceptors (Lipinski definition) is 5.